The third kappa shape index (κ3) is 8.63. The third-order valence-corrected chi connectivity index (χ3v) is 6.02. The van der Waals surface area contributed by atoms with E-state index in [0.717, 1.165) is 12.6 Å². The summed E-state index contributed by atoms with van der Waals surface area (Å²) >= 11 is 0. The van der Waals surface area contributed by atoms with Gasteiger partial charge in [0.2, 0.25) is 6.17 Å². The number of unbranched alkanes of at least 4 members (excludes halogenated alkanes) is 8. The van der Waals surface area contributed by atoms with Gasteiger partial charge < -0.3 is 0 Å². The second-order valence-corrected chi connectivity index (χ2v) is 8.38. The zero-order valence-electron chi connectivity index (χ0n) is 18.3. The van der Waals surface area contributed by atoms with Crippen LogP contribution in [-0.2, 0) is 6.42 Å². The standard InChI is InChI=1S/C26H41N2/c1-3-5-7-8-9-10-11-15-18-24(22-23-16-13-12-14-17-23)25(19-6-4-2)26-27-20-21-28-26/h12-14,16-17,20-21,24-25H,3-11,15,18-19,22H2,1-2H3/q+1. The van der Waals surface area contributed by atoms with Gasteiger partial charge in [-0.1, -0.05) is 118 Å². The van der Waals surface area contributed by atoms with Crippen LogP contribution < -0.4 is 0 Å². The molecule has 0 saturated heterocycles. The van der Waals surface area contributed by atoms with Gasteiger partial charge in [-0.3, -0.25) is 0 Å². The molecule has 1 aliphatic rings. The van der Waals surface area contributed by atoms with E-state index in [9.17, 15) is 0 Å². The number of rotatable bonds is 16. The van der Waals surface area contributed by atoms with E-state index in [1.165, 1.54) is 82.6 Å². The van der Waals surface area contributed by atoms with Crippen LogP contribution in [0.1, 0.15) is 96.5 Å². The van der Waals surface area contributed by atoms with E-state index in [4.69, 9.17) is 0 Å². The van der Waals surface area contributed by atoms with Crippen LogP contribution in [0.15, 0.2) is 40.3 Å². The van der Waals surface area contributed by atoms with Crippen LogP contribution in [0.5, 0.6) is 0 Å². The molecule has 0 bridgehead atoms. The average molecular weight is 382 g/mol. The Balaban J connectivity index is 1.89. The van der Waals surface area contributed by atoms with Crippen molar-refractivity contribution in [1.29, 1.82) is 0 Å². The van der Waals surface area contributed by atoms with Gasteiger partial charge in [0.1, 0.15) is 0 Å². The summed E-state index contributed by atoms with van der Waals surface area (Å²) in [4.78, 5) is 9.21. The van der Waals surface area contributed by atoms with Crippen molar-refractivity contribution in [2.24, 2.45) is 21.8 Å². The molecule has 2 rings (SSSR count). The highest BCUT2D eigenvalue weighted by atomic mass is 15.0. The highest BCUT2D eigenvalue weighted by molar-refractivity contribution is 6.18. The Labute approximate surface area is 174 Å². The van der Waals surface area contributed by atoms with Crippen molar-refractivity contribution in [3.63, 3.8) is 0 Å². The van der Waals surface area contributed by atoms with Crippen LogP contribution in [0.2, 0.25) is 0 Å². The number of benzene rings is 1. The minimum atomic E-state index is 0.500. The molecule has 2 heteroatoms. The van der Waals surface area contributed by atoms with Crippen LogP contribution in [0.3, 0.4) is 0 Å². The number of hydrogen-bond acceptors (Lipinski definition) is 2. The number of nitrogens with zero attached hydrogens (tertiary/aromatic N) is 2. The molecule has 2 atom stereocenters. The topological polar surface area (TPSA) is 24.7 Å². The Hall–Kier alpha value is -1.57. The quantitative estimate of drug-likeness (QED) is 0.206. The fourth-order valence-electron chi connectivity index (χ4n) is 4.35. The lowest BCUT2D eigenvalue weighted by atomic mass is 9.78. The molecule has 1 aromatic rings. The maximum absolute atomic E-state index is 4.61. The molecule has 0 N–H and O–H groups in total. The Morgan fingerprint density at radius 1 is 0.714 bits per heavy atom. The van der Waals surface area contributed by atoms with Crippen molar-refractivity contribution in [2.75, 3.05) is 0 Å². The monoisotopic (exact) mass is 381 g/mol. The Morgan fingerprint density at radius 3 is 1.96 bits per heavy atom. The van der Waals surface area contributed by atoms with Gasteiger partial charge in [0.05, 0.1) is 5.92 Å². The van der Waals surface area contributed by atoms with E-state index in [-0.39, 0.29) is 0 Å². The lowest BCUT2D eigenvalue weighted by Crippen LogP contribution is -2.22. The summed E-state index contributed by atoms with van der Waals surface area (Å²) in [5.74, 6) is 1.15. The third-order valence-electron chi connectivity index (χ3n) is 6.02. The normalized spacial score (nSPS) is 15.3. The molecule has 0 saturated carbocycles. The highest BCUT2D eigenvalue weighted by Gasteiger charge is 2.35. The van der Waals surface area contributed by atoms with E-state index >= 15 is 0 Å². The lowest BCUT2D eigenvalue weighted by molar-refractivity contribution is 0.286. The van der Waals surface area contributed by atoms with Crippen molar-refractivity contribution in [2.45, 2.75) is 97.3 Å². The predicted molar refractivity (Wildman–Crippen MR) is 124 cm³/mol. The van der Waals surface area contributed by atoms with Gasteiger partial charge in [0.25, 0.3) is 0 Å². The first-order valence-corrected chi connectivity index (χ1v) is 11.8. The number of aliphatic imine (C=N–C) groups is 2. The molecule has 1 aliphatic heterocycles. The fraction of sp³-hybridized carbons (Fsp3) is 0.654. The van der Waals surface area contributed by atoms with Gasteiger partial charge in [0, 0.05) is 0 Å². The molecule has 154 valence electrons. The largest absolute Gasteiger partial charge is 0.244 e. The lowest BCUT2D eigenvalue weighted by Gasteiger charge is -2.26. The van der Waals surface area contributed by atoms with E-state index in [1.54, 1.807) is 0 Å². The molecule has 1 aromatic carbocycles. The molecule has 0 fully saturated rings. The Morgan fingerprint density at radius 2 is 1.32 bits per heavy atom. The number of hydrogen-bond donors (Lipinski definition) is 0. The van der Waals surface area contributed by atoms with E-state index in [0.29, 0.717) is 11.8 Å². The fourth-order valence-corrected chi connectivity index (χ4v) is 4.35. The van der Waals surface area contributed by atoms with Gasteiger partial charge in [-0.2, -0.15) is 0 Å². The summed E-state index contributed by atoms with van der Waals surface area (Å²) in [5, 5.41) is 0. The Bertz CT molecular complexity index is 537. The summed E-state index contributed by atoms with van der Waals surface area (Å²) in [5.41, 5.74) is 1.46. The molecule has 2 nitrogen and oxygen atoms in total. The van der Waals surface area contributed by atoms with Crippen molar-refractivity contribution in [1.82, 2.24) is 0 Å². The highest BCUT2D eigenvalue weighted by Crippen LogP contribution is 2.36. The van der Waals surface area contributed by atoms with Gasteiger partial charge in [0.15, 0.2) is 12.4 Å². The minimum Gasteiger partial charge on any atom is -0.0965 e. The second kappa shape index (κ2) is 14.4. The van der Waals surface area contributed by atoms with Crippen molar-refractivity contribution >= 4 is 12.4 Å². The van der Waals surface area contributed by atoms with Crippen LogP contribution in [0.4, 0.5) is 0 Å². The molecule has 0 radical (unpaired) electrons. The summed E-state index contributed by atoms with van der Waals surface area (Å²) in [6.07, 6.45) is 22.1. The first kappa shape index (κ1) is 22.7. The average Bonchev–Trinajstić information content (AvgIpc) is 3.25. The summed E-state index contributed by atoms with van der Waals surface area (Å²) in [7, 11) is 0. The SMILES string of the molecule is CCCCCCCCCCC(Cc1ccccc1)C(CCCC)[C+]1N=CC=N1. The van der Waals surface area contributed by atoms with Crippen molar-refractivity contribution in [3.05, 3.63) is 42.1 Å². The molecule has 2 unspecified atom stereocenters. The predicted octanol–water partition coefficient (Wildman–Crippen LogP) is 7.83. The van der Waals surface area contributed by atoms with Gasteiger partial charge in [-0.15, -0.1) is 0 Å². The van der Waals surface area contributed by atoms with Crippen LogP contribution >= 0.6 is 0 Å². The van der Waals surface area contributed by atoms with Gasteiger partial charge >= 0.3 is 0 Å². The summed E-state index contributed by atoms with van der Waals surface area (Å²) < 4.78 is 0. The summed E-state index contributed by atoms with van der Waals surface area (Å²) in [6.45, 7) is 4.58. The van der Waals surface area contributed by atoms with Crippen molar-refractivity contribution in [3.8, 4) is 0 Å². The summed E-state index contributed by atoms with van der Waals surface area (Å²) in [6, 6.07) is 11.0. The zero-order valence-corrected chi connectivity index (χ0v) is 18.3. The van der Waals surface area contributed by atoms with Gasteiger partial charge in [-0.05, 0) is 30.7 Å². The van der Waals surface area contributed by atoms with Gasteiger partial charge in [-0.25, -0.2) is 0 Å². The first-order valence-electron chi connectivity index (χ1n) is 11.8. The molecule has 28 heavy (non-hydrogen) atoms. The Kier molecular flexibility index (Phi) is 11.7. The zero-order chi connectivity index (χ0) is 19.9. The maximum Gasteiger partial charge on any atom is 0.244 e. The minimum absolute atomic E-state index is 0.500. The van der Waals surface area contributed by atoms with Crippen molar-refractivity contribution < 1.29 is 0 Å². The molecular weight excluding hydrogens is 340 g/mol. The molecule has 0 aromatic heterocycles. The smallest absolute Gasteiger partial charge is 0.0965 e. The second-order valence-electron chi connectivity index (χ2n) is 8.38. The van der Waals surface area contributed by atoms with Crippen LogP contribution in [-0.4, -0.2) is 12.4 Å². The molecule has 0 amide bonds. The van der Waals surface area contributed by atoms with E-state index in [2.05, 4.69) is 54.2 Å². The molecule has 0 spiro atoms. The molecule has 0 aliphatic carbocycles. The van der Waals surface area contributed by atoms with Crippen LogP contribution in [0.25, 0.3) is 0 Å². The van der Waals surface area contributed by atoms with Crippen LogP contribution in [0, 0.1) is 18.0 Å². The molecule has 1 heterocycles. The molecular formula is C26H41N2+. The maximum atomic E-state index is 4.61. The first-order chi connectivity index (χ1) is 13.8. The van der Waals surface area contributed by atoms with E-state index in [1.807, 2.05) is 12.4 Å². The van der Waals surface area contributed by atoms with E-state index < -0.39 is 0 Å².